The second-order valence-electron chi connectivity index (χ2n) is 3.69. The highest BCUT2D eigenvalue weighted by atomic mass is 16.3. The molecule has 0 radical (unpaired) electrons. The van der Waals surface area contributed by atoms with Crippen LogP contribution in [0.5, 0.6) is 11.5 Å². The monoisotopic (exact) mass is 209 g/mol. The number of hydrogen-bond acceptors (Lipinski definition) is 4. The molecule has 4 nitrogen and oxygen atoms in total. The van der Waals surface area contributed by atoms with Crippen LogP contribution in [0, 0.1) is 6.92 Å². The van der Waals surface area contributed by atoms with Crippen molar-refractivity contribution in [2.24, 2.45) is 5.73 Å². The number of phenols is 2. The minimum absolute atomic E-state index is 0.0954. The lowest BCUT2D eigenvalue weighted by molar-refractivity contribution is -0.118. The fourth-order valence-corrected chi connectivity index (χ4v) is 1.33. The number of nitrogens with two attached hydrogens (primary N) is 1. The van der Waals surface area contributed by atoms with E-state index in [1.807, 2.05) is 0 Å². The Labute approximate surface area is 88.3 Å². The second kappa shape index (κ2) is 4.31. The summed E-state index contributed by atoms with van der Waals surface area (Å²) in [6.45, 7) is 3.22. The molecule has 0 amide bonds. The van der Waals surface area contributed by atoms with Gasteiger partial charge in [-0.25, -0.2) is 0 Å². The summed E-state index contributed by atoms with van der Waals surface area (Å²) >= 11 is 0. The van der Waals surface area contributed by atoms with Crippen LogP contribution in [0.2, 0.25) is 0 Å². The standard InChI is InChI=1S/C11H15NO3/c1-6-3-10(14)11(15)5-8(6)4-9(12)7(2)13/h3,5,9,14-15H,4,12H2,1-2H3/t9-/m0/s1. The summed E-state index contributed by atoms with van der Waals surface area (Å²) in [7, 11) is 0. The second-order valence-corrected chi connectivity index (χ2v) is 3.69. The fraction of sp³-hybridized carbons (Fsp3) is 0.364. The first-order valence-corrected chi connectivity index (χ1v) is 4.69. The lowest BCUT2D eigenvalue weighted by Crippen LogP contribution is -2.30. The number of benzene rings is 1. The zero-order valence-electron chi connectivity index (χ0n) is 8.82. The molecular formula is C11H15NO3. The van der Waals surface area contributed by atoms with Gasteiger partial charge in [-0.1, -0.05) is 0 Å². The highest BCUT2D eigenvalue weighted by Crippen LogP contribution is 2.28. The molecule has 4 heteroatoms. The first kappa shape index (κ1) is 11.5. The Hall–Kier alpha value is -1.55. The molecule has 1 atom stereocenters. The molecule has 0 fully saturated rings. The van der Waals surface area contributed by atoms with Crippen LogP contribution < -0.4 is 5.73 Å². The van der Waals surface area contributed by atoms with E-state index in [1.165, 1.54) is 19.1 Å². The van der Waals surface area contributed by atoms with E-state index in [0.29, 0.717) is 6.42 Å². The van der Waals surface area contributed by atoms with E-state index in [-0.39, 0.29) is 17.3 Å². The molecule has 4 N–H and O–H groups in total. The lowest BCUT2D eigenvalue weighted by Gasteiger charge is -2.11. The van der Waals surface area contributed by atoms with Gasteiger partial charge in [0.15, 0.2) is 11.5 Å². The third kappa shape index (κ3) is 2.70. The van der Waals surface area contributed by atoms with E-state index in [1.54, 1.807) is 6.92 Å². The number of hydrogen-bond donors (Lipinski definition) is 3. The van der Waals surface area contributed by atoms with Gasteiger partial charge in [0.05, 0.1) is 6.04 Å². The predicted molar refractivity (Wildman–Crippen MR) is 56.9 cm³/mol. The number of carbonyl (C=O) groups is 1. The van der Waals surface area contributed by atoms with Gasteiger partial charge >= 0.3 is 0 Å². The normalized spacial score (nSPS) is 12.5. The van der Waals surface area contributed by atoms with Crippen LogP contribution in [0.4, 0.5) is 0 Å². The average molecular weight is 209 g/mol. The first-order chi connectivity index (χ1) is 6.91. The molecule has 0 bridgehead atoms. The number of aromatic hydroxyl groups is 2. The van der Waals surface area contributed by atoms with Crippen LogP contribution in [0.1, 0.15) is 18.1 Å². The Balaban J connectivity index is 2.95. The Kier molecular flexibility index (Phi) is 3.31. The Morgan fingerprint density at radius 3 is 2.47 bits per heavy atom. The van der Waals surface area contributed by atoms with Crippen LogP contribution in [-0.4, -0.2) is 22.0 Å². The van der Waals surface area contributed by atoms with Gasteiger partial charge in [0.2, 0.25) is 0 Å². The Morgan fingerprint density at radius 1 is 1.40 bits per heavy atom. The van der Waals surface area contributed by atoms with E-state index < -0.39 is 6.04 Å². The summed E-state index contributed by atoms with van der Waals surface area (Å²) < 4.78 is 0. The molecule has 0 aliphatic carbocycles. The van der Waals surface area contributed by atoms with Gasteiger partial charge in [-0.3, -0.25) is 4.79 Å². The molecule has 0 unspecified atom stereocenters. The first-order valence-electron chi connectivity index (χ1n) is 4.69. The maximum atomic E-state index is 11.0. The minimum atomic E-state index is -0.562. The third-order valence-electron chi connectivity index (χ3n) is 2.40. The summed E-state index contributed by atoms with van der Waals surface area (Å²) in [4.78, 5) is 11.0. The molecule has 0 spiro atoms. The van der Waals surface area contributed by atoms with Gasteiger partial charge in [-0.15, -0.1) is 0 Å². The number of aryl methyl sites for hydroxylation is 1. The van der Waals surface area contributed by atoms with Gasteiger partial charge in [0.25, 0.3) is 0 Å². The molecule has 0 heterocycles. The molecule has 1 aromatic rings. The smallest absolute Gasteiger partial charge is 0.157 e. The molecule has 0 aliphatic heterocycles. The molecule has 15 heavy (non-hydrogen) atoms. The van der Waals surface area contributed by atoms with Gasteiger partial charge in [0.1, 0.15) is 5.78 Å². The average Bonchev–Trinajstić information content (AvgIpc) is 2.13. The maximum absolute atomic E-state index is 11.0. The van der Waals surface area contributed by atoms with Crippen molar-refractivity contribution in [2.75, 3.05) is 0 Å². The molecular weight excluding hydrogens is 194 g/mol. The summed E-state index contributed by atoms with van der Waals surface area (Å²) in [6.07, 6.45) is 0.370. The largest absolute Gasteiger partial charge is 0.504 e. The number of carbonyl (C=O) groups excluding carboxylic acids is 1. The fourth-order valence-electron chi connectivity index (χ4n) is 1.33. The molecule has 0 saturated heterocycles. The SMILES string of the molecule is CC(=O)[C@@H](N)Cc1cc(O)c(O)cc1C. The van der Waals surface area contributed by atoms with Crippen molar-refractivity contribution in [1.82, 2.24) is 0 Å². The van der Waals surface area contributed by atoms with E-state index in [0.717, 1.165) is 11.1 Å². The van der Waals surface area contributed by atoms with Crippen molar-refractivity contribution in [2.45, 2.75) is 26.3 Å². The number of phenolic OH excluding ortho intramolecular Hbond substituents is 2. The van der Waals surface area contributed by atoms with Crippen LogP contribution in [0.3, 0.4) is 0 Å². The van der Waals surface area contributed by atoms with E-state index in [4.69, 9.17) is 5.73 Å². The number of ketones is 1. The highest BCUT2D eigenvalue weighted by Gasteiger charge is 2.12. The zero-order valence-corrected chi connectivity index (χ0v) is 8.82. The van der Waals surface area contributed by atoms with Gasteiger partial charge in [0, 0.05) is 0 Å². The molecule has 82 valence electrons. The Morgan fingerprint density at radius 2 is 1.93 bits per heavy atom. The Bertz CT molecular complexity index is 388. The molecule has 0 aromatic heterocycles. The van der Waals surface area contributed by atoms with Crippen molar-refractivity contribution in [3.63, 3.8) is 0 Å². The molecule has 1 aromatic carbocycles. The van der Waals surface area contributed by atoms with Crippen molar-refractivity contribution in [3.8, 4) is 11.5 Å². The number of rotatable bonds is 3. The van der Waals surface area contributed by atoms with Crippen molar-refractivity contribution < 1.29 is 15.0 Å². The number of Topliss-reactive ketones (excluding diaryl/α,β-unsaturated/α-hetero) is 1. The van der Waals surface area contributed by atoms with Crippen LogP contribution in [0.15, 0.2) is 12.1 Å². The van der Waals surface area contributed by atoms with E-state index >= 15 is 0 Å². The third-order valence-corrected chi connectivity index (χ3v) is 2.40. The minimum Gasteiger partial charge on any atom is -0.504 e. The van der Waals surface area contributed by atoms with Crippen LogP contribution in [0.25, 0.3) is 0 Å². The van der Waals surface area contributed by atoms with Crippen molar-refractivity contribution in [1.29, 1.82) is 0 Å². The summed E-state index contributed by atoms with van der Waals surface area (Å²) in [5.41, 5.74) is 7.19. The topological polar surface area (TPSA) is 83.6 Å². The molecule has 0 saturated carbocycles. The van der Waals surface area contributed by atoms with Crippen LogP contribution >= 0.6 is 0 Å². The van der Waals surface area contributed by atoms with Gasteiger partial charge in [-0.05, 0) is 43.5 Å². The van der Waals surface area contributed by atoms with Crippen LogP contribution in [-0.2, 0) is 11.2 Å². The van der Waals surface area contributed by atoms with E-state index in [9.17, 15) is 15.0 Å². The summed E-state index contributed by atoms with van der Waals surface area (Å²) in [6, 6.07) is 2.33. The van der Waals surface area contributed by atoms with Gasteiger partial charge < -0.3 is 15.9 Å². The quantitative estimate of drug-likeness (QED) is 0.645. The molecule has 0 aliphatic rings. The maximum Gasteiger partial charge on any atom is 0.157 e. The lowest BCUT2D eigenvalue weighted by atomic mass is 9.99. The summed E-state index contributed by atoms with van der Waals surface area (Å²) in [5, 5.41) is 18.5. The molecule has 1 rings (SSSR count). The zero-order chi connectivity index (χ0) is 11.6. The predicted octanol–water partition coefficient (Wildman–Crippen LogP) is 0.865. The van der Waals surface area contributed by atoms with Gasteiger partial charge in [-0.2, -0.15) is 0 Å². The van der Waals surface area contributed by atoms with E-state index in [2.05, 4.69) is 0 Å². The summed E-state index contributed by atoms with van der Waals surface area (Å²) in [5.74, 6) is -0.444. The highest BCUT2D eigenvalue weighted by molar-refractivity contribution is 5.81. The van der Waals surface area contributed by atoms with Crippen molar-refractivity contribution >= 4 is 5.78 Å². The van der Waals surface area contributed by atoms with Crippen molar-refractivity contribution in [3.05, 3.63) is 23.3 Å².